The lowest BCUT2D eigenvalue weighted by Crippen LogP contribution is -2.23. The number of rotatable bonds is 2. The Labute approximate surface area is 116 Å². The molecule has 3 heteroatoms. The van der Waals surface area contributed by atoms with Gasteiger partial charge in [-0.05, 0) is 42.1 Å². The molecule has 19 heavy (non-hydrogen) atoms. The van der Waals surface area contributed by atoms with Crippen LogP contribution < -0.4 is 0 Å². The van der Waals surface area contributed by atoms with Crippen molar-refractivity contribution in [3.63, 3.8) is 0 Å². The molecule has 0 radical (unpaired) electrons. The molecular weight excluding hydrogens is 258 g/mol. The van der Waals surface area contributed by atoms with Crippen molar-refractivity contribution in [2.45, 2.75) is 12.5 Å². The SMILES string of the molecule is CC(O)(c1ccc2[nH]ccc2c1)c1ccccc1Cl. The van der Waals surface area contributed by atoms with Crippen LogP contribution in [0.5, 0.6) is 0 Å². The van der Waals surface area contributed by atoms with E-state index in [0.717, 1.165) is 16.5 Å². The van der Waals surface area contributed by atoms with Crippen molar-refractivity contribution in [3.8, 4) is 0 Å². The molecule has 0 saturated carbocycles. The molecule has 0 amide bonds. The van der Waals surface area contributed by atoms with Crippen molar-refractivity contribution >= 4 is 22.5 Å². The van der Waals surface area contributed by atoms with Gasteiger partial charge in [0, 0.05) is 22.3 Å². The summed E-state index contributed by atoms with van der Waals surface area (Å²) < 4.78 is 0. The molecule has 0 fully saturated rings. The average Bonchev–Trinajstić information content (AvgIpc) is 2.86. The second kappa shape index (κ2) is 4.41. The zero-order chi connectivity index (χ0) is 13.5. The minimum absolute atomic E-state index is 0.571. The van der Waals surface area contributed by atoms with E-state index in [1.165, 1.54) is 0 Å². The van der Waals surface area contributed by atoms with Crippen LogP contribution in [0, 0.1) is 0 Å². The number of aromatic nitrogens is 1. The van der Waals surface area contributed by atoms with Gasteiger partial charge in [-0.2, -0.15) is 0 Å². The molecule has 0 bridgehead atoms. The third kappa shape index (κ3) is 2.03. The van der Waals surface area contributed by atoms with Crippen LogP contribution >= 0.6 is 11.6 Å². The molecule has 3 aromatic rings. The summed E-state index contributed by atoms with van der Waals surface area (Å²) in [6.45, 7) is 1.77. The molecule has 0 aliphatic heterocycles. The molecule has 0 aliphatic carbocycles. The van der Waals surface area contributed by atoms with Crippen LogP contribution in [-0.4, -0.2) is 10.1 Å². The fourth-order valence-electron chi connectivity index (χ4n) is 2.37. The summed E-state index contributed by atoms with van der Waals surface area (Å²) in [5.41, 5.74) is 1.49. The molecule has 3 rings (SSSR count). The number of nitrogens with one attached hydrogen (secondary N) is 1. The van der Waals surface area contributed by atoms with Gasteiger partial charge in [0.25, 0.3) is 0 Å². The van der Waals surface area contributed by atoms with E-state index in [1.54, 1.807) is 13.0 Å². The van der Waals surface area contributed by atoms with Crippen molar-refractivity contribution < 1.29 is 5.11 Å². The van der Waals surface area contributed by atoms with Gasteiger partial charge in [0.05, 0.1) is 0 Å². The van der Waals surface area contributed by atoms with Gasteiger partial charge in [-0.3, -0.25) is 0 Å². The smallest absolute Gasteiger partial charge is 0.113 e. The largest absolute Gasteiger partial charge is 0.381 e. The maximum absolute atomic E-state index is 10.8. The third-order valence-corrected chi connectivity index (χ3v) is 3.84. The molecule has 1 unspecified atom stereocenters. The van der Waals surface area contributed by atoms with Crippen LogP contribution in [0.1, 0.15) is 18.1 Å². The molecule has 0 spiro atoms. The number of fused-ring (bicyclic) bond motifs is 1. The summed E-state index contributed by atoms with van der Waals surface area (Å²) in [7, 11) is 0. The first-order chi connectivity index (χ1) is 9.09. The predicted octanol–water partition coefficient (Wildman–Crippen LogP) is 4.08. The summed E-state index contributed by atoms with van der Waals surface area (Å²) >= 11 is 6.19. The maximum atomic E-state index is 10.8. The normalized spacial score (nSPS) is 14.5. The highest BCUT2D eigenvalue weighted by Crippen LogP contribution is 2.34. The second-order valence-corrected chi connectivity index (χ2v) is 5.24. The van der Waals surface area contributed by atoms with Crippen molar-refractivity contribution in [2.75, 3.05) is 0 Å². The Morgan fingerprint density at radius 2 is 1.89 bits per heavy atom. The lowest BCUT2D eigenvalue weighted by Gasteiger charge is -2.25. The molecule has 1 atom stereocenters. The topological polar surface area (TPSA) is 36.0 Å². The fraction of sp³-hybridized carbons (Fsp3) is 0.125. The monoisotopic (exact) mass is 271 g/mol. The van der Waals surface area contributed by atoms with Crippen molar-refractivity contribution in [1.29, 1.82) is 0 Å². The van der Waals surface area contributed by atoms with Gasteiger partial charge in [0.1, 0.15) is 5.60 Å². The summed E-state index contributed by atoms with van der Waals surface area (Å²) in [6.07, 6.45) is 1.89. The Balaban J connectivity index is 2.15. The van der Waals surface area contributed by atoms with E-state index in [4.69, 9.17) is 11.6 Å². The summed E-state index contributed by atoms with van der Waals surface area (Å²) in [5.74, 6) is 0. The Morgan fingerprint density at radius 3 is 2.68 bits per heavy atom. The van der Waals surface area contributed by atoms with Crippen molar-refractivity contribution in [3.05, 3.63) is 70.9 Å². The maximum Gasteiger partial charge on any atom is 0.113 e. The van der Waals surface area contributed by atoms with Gasteiger partial charge < -0.3 is 10.1 Å². The van der Waals surface area contributed by atoms with Crippen LogP contribution in [0.4, 0.5) is 0 Å². The van der Waals surface area contributed by atoms with Crippen LogP contribution in [-0.2, 0) is 5.60 Å². The quantitative estimate of drug-likeness (QED) is 0.724. The van der Waals surface area contributed by atoms with Crippen LogP contribution in [0.25, 0.3) is 10.9 Å². The first kappa shape index (κ1) is 12.3. The van der Waals surface area contributed by atoms with Crippen LogP contribution in [0.3, 0.4) is 0 Å². The molecule has 1 heterocycles. The van der Waals surface area contributed by atoms with E-state index in [2.05, 4.69) is 4.98 Å². The molecule has 96 valence electrons. The first-order valence-electron chi connectivity index (χ1n) is 6.14. The Hall–Kier alpha value is -1.77. The van der Waals surface area contributed by atoms with Gasteiger partial charge in [-0.15, -0.1) is 0 Å². The molecule has 2 N–H and O–H groups in total. The summed E-state index contributed by atoms with van der Waals surface area (Å²) in [4.78, 5) is 3.14. The van der Waals surface area contributed by atoms with Gasteiger partial charge in [-0.1, -0.05) is 35.9 Å². The molecule has 0 aliphatic rings. The van der Waals surface area contributed by atoms with E-state index in [1.807, 2.05) is 48.7 Å². The van der Waals surface area contributed by atoms with E-state index < -0.39 is 5.60 Å². The van der Waals surface area contributed by atoms with E-state index in [0.29, 0.717) is 10.6 Å². The zero-order valence-corrected chi connectivity index (χ0v) is 11.3. The Morgan fingerprint density at radius 1 is 1.11 bits per heavy atom. The second-order valence-electron chi connectivity index (χ2n) is 4.83. The van der Waals surface area contributed by atoms with Crippen molar-refractivity contribution in [2.24, 2.45) is 0 Å². The Bertz CT molecular complexity index is 730. The number of benzene rings is 2. The van der Waals surface area contributed by atoms with Gasteiger partial charge in [0.2, 0.25) is 0 Å². The van der Waals surface area contributed by atoms with Gasteiger partial charge in [0.15, 0.2) is 0 Å². The highest BCUT2D eigenvalue weighted by molar-refractivity contribution is 6.31. The molecule has 0 saturated heterocycles. The van der Waals surface area contributed by atoms with Crippen LogP contribution in [0.2, 0.25) is 5.02 Å². The number of H-pyrrole nitrogens is 1. The van der Waals surface area contributed by atoms with Gasteiger partial charge in [-0.25, -0.2) is 0 Å². The fourth-order valence-corrected chi connectivity index (χ4v) is 2.69. The number of aliphatic hydroxyl groups is 1. The summed E-state index contributed by atoms with van der Waals surface area (Å²) in [6, 6.07) is 15.2. The lowest BCUT2D eigenvalue weighted by molar-refractivity contribution is 0.102. The lowest BCUT2D eigenvalue weighted by atomic mass is 9.87. The minimum atomic E-state index is -1.11. The number of halogens is 1. The average molecular weight is 272 g/mol. The first-order valence-corrected chi connectivity index (χ1v) is 6.52. The molecule has 2 aromatic carbocycles. The van der Waals surface area contributed by atoms with Crippen LogP contribution in [0.15, 0.2) is 54.7 Å². The third-order valence-electron chi connectivity index (χ3n) is 3.51. The molecule has 1 aromatic heterocycles. The number of hydrogen-bond donors (Lipinski definition) is 2. The summed E-state index contributed by atoms with van der Waals surface area (Å²) in [5, 5.41) is 12.5. The van der Waals surface area contributed by atoms with E-state index >= 15 is 0 Å². The molecular formula is C16H14ClNO. The molecule has 2 nitrogen and oxygen atoms in total. The zero-order valence-electron chi connectivity index (χ0n) is 10.5. The Kier molecular flexibility index (Phi) is 2.85. The standard InChI is InChI=1S/C16H14ClNO/c1-16(19,13-4-2-3-5-14(13)17)12-6-7-15-11(10-12)8-9-18-15/h2-10,18-19H,1H3. The predicted molar refractivity (Wildman–Crippen MR) is 78.4 cm³/mol. The number of aromatic amines is 1. The van der Waals surface area contributed by atoms with E-state index in [9.17, 15) is 5.11 Å². The number of hydrogen-bond acceptors (Lipinski definition) is 1. The highest BCUT2D eigenvalue weighted by Gasteiger charge is 2.27. The minimum Gasteiger partial charge on any atom is -0.381 e. The van der Waals surface area contributed by atoms with Gasteiger partial charge >= 0.3 is 0 Å². The highest BCUT2D eigenvalue weighted by atomic mass is 35.5. The van der Waals surface area contributed by atoms with E-state index in [-0.39, 0.29) is 0 Å². The van der Waals surface area contributed by atoms with Crippen molar-refractivity contribution in [1.82, 2.24) is 4.98 Å².